The Hall–Kier alpha value is -1.89. The van der Waals surface area contributed by atoms with E-state index < -0.39 is 0 Å². The number of imidazole rings is 1. The molecular weight excluding hydrogens is 547 g/mol. The first kappa shape index (κ1) is 27.7. The largest absolute Gasteiger partial charge is 1.00 e. The Balaban J connectivity index is 0.00000342. The van der Waals surface area contributed by atoms with Crippen LogP contribution in [0.25, 0.3) is 22.4 Å². The zero-order valence-electron chi connectivity index (χ0n) is 22.3. The number of carbonyl (C=O) groups is 1. The summed E-state index contributed by atoms with van der Waals surface area (Å²) in [6.45, 7) is 13.7. The molecule has 1 aliphatic carbocycles. The van der Waals surface area contributed by atoms with Gasteiger partial charge in [0.25, 0.3) is 5.82 Å². The predicted molar refractivity (Wildman–Crippen MR) is 138 cm³/mol. The monoisotopic (exact) mass is 588 g/mol. The van der Waals surface area contributed by atoms with E-state index in [9.17, 15) is 4.79 Å². The van der Waals surface area contributed by atoms with E-state index in [0.717, 1.165) is 35.3 Å². The molecule has 190 valence electrons. The molecule has 0 bridgehead atoms. The van der Waals surface area contributed by atoms with Crippen LogP contribution in [0, 0.1) is 17.8 Å². The summed E-state index contributed by atoms with van der Waals surface area (Å²) >= 11 is 0. The van der Waals surface area contributed by atoms with Crippen molar-refractivity contribution in [2.45, 2.75) is 78.9 Å². The van der Waals surface area contributed by atoms with Crippen LogP contribution in [-0.2, 0) is 28.5 Å². The fourth-order valence-electron chi connectivity index (χ4n) is 5.60. The Bertz CT molecular complexity index is 1160. The minimum atomic E-state index is -0.140. The number of nitrogens with zero attached hydrogens (tertiary/aromatic N) is 2. The fraction of sp³-hybridized carbons (Fsp3) is 0.533. The fourth-order valence-corrected chi connectivity index (χ4v) is 5.60. The maximum atomic E-state index is 13.3. The number of benzene rings is 2. The van der Waals surface area contributed by atoms with E-state index in [2.05, 4.69) is 94.1 Å². The standard InChI is InChI=1S/C30H41N2O2.HI/c1-20(2)24-17-12-21(3)18-27(24)34-28(33)19-32-26-11-9-8-10-25(26)31(7)29(32)22-13-15-23(16-14-22)30(4,5)6;/h8-11,13-16,20-21,24,27H,12,17-19H2,1-7H3;1H/q+1;/p-1/t21-,24+,27-;/m1./s1. The predicted octanol–water partition coefficient (Wildman–Crippen LogP) is 3.44. The van der Waals surface area contributed by atoms with Gasteiger partial charge in [-0.1, -0.05) is 72.2 Å². The number of ether oxygens (including phenoxy) is 1. The van der Waals surface area contributed by atoms with Crippen molar-refractivity contribution in [2.75, 3.05) is 0 Å². The number of aromatic nitrogens is 2. The molecule has 1 aliphatic rings. The lowest BCUT2D eigenvalue weighted by Crippen LogP contribution is -3.00. The molecule has 0 unspecified atom stereocenters. The van der Waals surface area contributed by atoms with Gasteiger partial charge < -0.3 is 28.7 Å². The zero-order chi connectivity index (χ0) is 24.6. The van der Waals surface area contributed by atoms with Crippen LogP contribution in [-0.4, -0.2) is 16.6 Å². The average molecular weight is 589 g/mol. The second-order valence-electron chi connectivity index (χ2n) is 11.6. The summed E-state index contributed by atoms with van der Waals surface area (Å²) in [5.74, 6) is 2.46. The number of carbonyl (C=O) groups excluding carboxylic acids is 1. The summed E-state index contributed by atoms with van der Waals surface area (Å²) in [4.78, 5) is 13.3. The first-order chi connectivity index (χ1) is 16.1. The van der Waals surface area contributed by atoms with E-state index in [0.29, 0.717) is 17.8 Å². The van der Waals surface area contributed by atoms with Gasteiger partial charge in [-0.2, -0.15) is 0 Å². The van der Waals surface area contributed by atoms with Gasteiger partial charge in [0.2, 0.25) is 0 Å². The lowest BCUT2D eigenvalue weighted by Gasteiger charge is -2.36. The van der Waals surface area contributed by atoms with Crippen molar-refractivity contribution < 1.29 is 38.1 Å². The average Bonchev–Trinajstić information content (AvgIpc) is 3.04. The summed E-state index contributed by atoms with van der Waals surface area (Å²) in [5.41, 5.74) is 4.66. The molecule has 35 heavy (non-hydrogen) atoms. The number of para-hydroxylation sites is 2. The van der Waals surface area contributed by atoms with Crippen LogP contribution in [0.3, 0.4) is 0 Å². The summed E-state index contributed by atoms with van der Waals surface area (Å²) < 4.78 is 10.5. The topological polar surface area (TPSA) is 35.1 Å². The van der Waals surface area contributed by atoms with Gasteiger partial charge in [-0.25, -0.2) is 13.9 Å². The Morgan fingerprint density at radius 2 is 1.74 bits per heavy atom. The first-order valence-corrected chi connectivity index (χ1v) is 12.8. The van der Waals surface area contributed by atoms with Gasteiger partial charge in [-0.3, -0.25) is 0 Å². The molecule has 5 heteroatoms. The van der Waals surface area contributed by atoms with E-state index in [1.165, 1.54) is 12.0 Å². The van der Waals surface area contributed by atoms with Crippen LogP contribution >= 0.6 is 0 Å². The van der Waals surface area contributed by atoms with Crippen LogP contribution in [0.1, 0.15) is 66.4 Å². The number of hydrogen-bond acceptors (Lipinski definition) is 2. The van der Waals surface area contributed by atoms with E-state index in [1.54, 1.807) is 0 Å². The summed E-state index contributed by atoms with van der Waals surface area (Å²) in [5, 5.41) is 0. The van der Waals surface area contributed by atoms with Crippen LogP contribution in [0.5, 0.6) is 0 Å². The van der Waals surface area contributed by atoms with Gasteiger partial charge >= 0.3 is 5.97 Å². The Morgan fingerprint density at radius 1 is 1.09 bits per heavy atom. The molecule has 1 heterocycles. The zero-order valence-corrected chi connectivity index (χ0v) is 24.5. The molecule has 4 rings (SSSR count). The molecule has 3 aromatic rings. The lowest BCUT2D eigenvalue weighted by molar-refractivity contribution is -0.634. The molecule has 2 aromatic carbocycles. The number of rotatable bonds is 5. The molecule has 0 spiro atoms. The van der Waals surface area contributed by atoms with E-state index in [1.807, 2.05) is 12.1 Å². The summed E-state index contributed by atoms with van der Waals surface area (Å²) in [6.07, 6.45) is 3.35. The van der Waals surface area contributed by atoms with Gasteiger partial charge in [0.15, 0.2) is 17.6 Å². The second kappa shape index (κ2) is 11.0. The number of hydrogen-bond donors (Lipinski definition) is 0. The molecule has 3 atom stereocenters. The van der Waals surface area contributed by atoms with Crippen LogP contribution < -0.4 is 28.5 Å². The highest BCUT2D eigenvalue weighted by atomic mass is 127. The molecule has 1 saturated carbocycles. The highest BCUT2D eigenvalue weighted by Gasteiger charge is 2.34. The number of fused-ring (bicyclic) bond motifs is 1. The van der Waals surface area contributed by atoms with Crippen LogP contribution in [0.15, 0.2) is 48.5 Å². The van der Waals surface area contributed by atoms with Gasteiger partial charge in [-0.05, 0) is 65.8 Å². The van der Waals surface area contributed by atoms with Crippen molar-refractivity contribution in [1.82, 2.24) is 4.57 Å². The summed E-state index contributed by atoms with van der Waals surface area (Å²) in [7, 11) is 2.08. The van der Waals surface area contributed by atoms with E-state index in [4.69, 9.17) is 4.74 Å². The molecule has 1 fully saturated rings. The number of halogens is 1. The maximum absolute atomic E-state index is 13.3. The van der Waals surface area contributed by atoms with Crippen molar-refractivity contribution >= 4 is 17.0 Å². The summed E-state index contributed by atoms with van der Waals surface area (Å²) in [6, 6.07) is 17.0. The molecule has 0 aliphatic heterocycles. The van der Waals surface area contributed by atoms with Crippen molar-refractivity contribution in [3.05, 3.63) is 54.1 Å². The number of esters is 1. The molecule has 0 radical (unpaired) electrons. The highest BCUT2D eigenvalue weighted by molar-refractivity contribution is 5.79. The molecule has 4 nitrogen and oxygen atoms in total. The third-order valence-electron chi connectivity index (χ3n) is 7.65. The van der Waals surface area contributed by atoms with Crippen LogP contribution in [0.2, 0.25) is 0 Å². The SMILES string of the molecule is CC(C)[C@@H]1CC[C@@H](C)C[C@H]1OC(=O)Cn1c(-c2ccc(C(C)(C)C)cc2)[n+](C)c2ccccc21.[I-]. The smallest absolute Gasteiger partial charge is 0.348 e. The van der Waals surface area contributed by atoms with Gasteiger partial charge in [-0.15, -0.1) is 0 Å². The highest BCUT2D eigenvalue weighted by Crippen LogP contribution is 2.35. The van der Waals surface area contributed by atoms with Crippen molar-refractivity contribution in [1.29, 1.82) is 0 Å². The minimum Gasteiger partial charge on any atom is -1.00 e. The van der Waals surface area contributed by atoms with Gasteiger partial charge in [0.1, 0.15) is 6.10 Å². The molecular formula is C30H41IN2O2. The third kappa shape index (κ3) is 5.92. The van der Waals surface area contributed by atoms with Gasteiger partial charge in [0, 0.05) is 0 Å². The Morgan fingerprint density at radius 3 is 2.37 bits per heavy atom. The molecule has 1 aromatic heterocycles. The molecule has 0 amide bonds. The van der Waals surface area contributed by atoms with Crippen molar-refractivity contribution in [2.24, 2.45) is 24.8 Å². The molecule has 0 saturated heterocycles. The lowest BCUT2D eigenvalue weighted by atomic mass is 9.75. The quantitative estimate of drug-likeness (QED) is 0.260. The van der Waals surface area contributed by atoms with Crippen LogP contribution in [0.4, 0.5) is 0 Å². The Kier molecular flexibility index (Phi) is 8.72. The van der Waals surface area contributed by atoms with E-state index in [-0.39, 0.29) is 48.0 Å². The Labute approximate surface area is 228 Å². The molecule has 0 N–H and O–H groups in total. The first-order valence-electron chi connectivity index (χ1n) is 12.8. The second-order valence-corrected chi connectivity index (χ2v) is 11.6. The minimum absolute atomic E-state index is 0. The van der Waals surface area contributed by atoms with E-state index >= 15 is 0 Å². The van der Waals surface area contributed by atoms with Gasteiger partial charge in [0.05, 0.1) is 12.6 Å². The number of aryl methyl sites for hydroxylation is 1. The maximum Gasteiger partial charge on any atom is 0.348 e. The van der Waals surface area contributed by atoms with Crippen molar-refractivity contribution in [3.8, 4) is 11.4 Å². The third-order valence-corrected chi connectivity index (χ3v) is 7.65. The normalized spacial score (nSPS) is 20.6. The van der Waals surface area contributed by atoms with Crippen molar-refractivity contribution in [3.63, 3.8) is 0 Å².